The molecular formula is C19H20BrNO4. The Morgan fingerprint density at radius 1 is 1.12 bits per heavy atom. The first-order chi connectivity index (χ1) is 11.9. The summed E-state index contributed by atoms with van der Waals surface area (Å²) in [6.45, 7) is 3.84. The molecule has 0 saturated heterocycles. The first kappa shape index (κ1) is 19.0. The molecular weight excluding hydrogens is 386 g/mol. The van der Waals surface area contributed by atoms with Crippen LogP contribution in [0, 0.1) is 0 Å². The summed E-state index contributed by atoms with van der Waals surface area (Å²) < 4.78 is 10.7. The van der Waals surface area contributed by atoms with Gasteiger partial charge in [0.25, 0.3) is 5.91 Å². The van der Waals surface area contributed by atoms with Crippen molar-refractivity contribution in [1.29, 1.82) is 0 Å². The van der Waals surface area contributed by atoms with E-state index in [2.05, 4.69) is 35.1 Å². The molecule has 0 fully saturated rings. The van der Waals surface area contributed by atoms with Gasteiger partial charge < -0.3 is 14.8 Å². The molecule has 2 aromatic rings. The number of amides is 1. The van der Waals surface area contributed by atoms with Crippen molar-refractivity contribution in [2.45, 2.75) is 19.8 Å². The van der Waals surface area contributed by atoms with E-state index in [4.69, 9.17) is 9.47 Å². The van der Waals surface area contributed by atoms with Crippen LogP contribution in [0.25, 0.3) is 0 Å². The number of hydrogen-bond acceptors (Lipinski definition) is 4. The van der Waals surface area contributed by atoms with Gasteiger partial charge in [-0.15, -0.1) is 0 Å². The highest BCUT2D eigenvalue weighted by molar-refractivity contribution is 9.10. The Hall–Kier alpha value is -2.34. The molecule has 0 atom stereocenters. The number of rotatable bonds is 6. The number of halogens is 1. The second-order valence-corrected chi connectivity index (χ2v) is 6.60. The Kier molecular flexibility index (Phi) is 6.58. The largest absolute Gasteiger partial charge is 0.497 e. The van der Waals surface area contributed by atoms with E-state index in [1.165, 1.54) is 12.7 Å². The van der Waals surface area contributed by atoms with E-state index >= 15 is 0 Å². The maximum absolute atomic E-state index is 12.1. The van der Waals surface area contributed by atoms with Gasteiger partial charge in [0, 0.05) is 10.2 Å². The van der Waals surface area contributed by atoms with Crippen LogP contribution >= 0.6 is 15.9 Å². The molecule has 0 spiro atoms. The summed E-state index contributed by atoms with van der Waals surface area (Å²) in [7, 11) is 1.51. The van der Waals surface area contributed by atoms with Crippen molar-refractivity contribution in [2.75, 3.05) is 19.0 Å². The van der Waals surface area contributed by atoms with E-state index in [0.29, 0.717) is 27.4 Å². The zero-order valence-electron chi connectivity index (χ0n) is 14.3. The number of anilines is 1. The van der Waals surface area contributed by atoms with Crippen molar-refractivity contribution in [2.24, 2.45) is 0 Å². The molecule has 5 nitrogen and oxygen atoms in total. The van der Waals surface area contributed by atoms with Crippen LogP contribution in [-0.4, -0.2) is 25.6 Å². The van der Waals surface area contributed by atoms with Crippen LogP contribution in [0.3, 0.4) is 0 Å². The number of nitrogens with one attached hydrogen (secondary N) is 1. The van der Waals surface area contributed by atoms with Crippen LogP contribution in [0.2, 0.25) is 0 Å². The van der Waals surface area contributed by atoms with Gasteiger partial charge in [0.05, 0.1) is 12.7 Å². The van der Waals surface area contributed by atoms with E-state index in [1.807, 2.05) is 24.3 Å². The quantitative estimate of drug-likeness (QED) is 0.724. The predicted octanol–water partition coefficient (Wildman–Crippen LogP) is 4.38. The molecule has 0 radical (unpaired) electrons. The first-order valence-electron chi connectivity index (χ1n) is 7.81. The van der Waals surface area contributed by atoms with Gasteiger partial charge in [0.2, 0.25) is 0 Å². The lowest BCUT2D eigenvalue weighted by Gasteiger charge is -2.10. The Bertz CT molecular complexity index is 757. The summed E-state index contributed by atoms with van der Waals surface area (Å²) in [5.74, 6) is -0.0439. The zero-order chi connectivity index (χ0) is 18.4. The molecule has 1 amide bonds. The number of esters is 1. The maximum atomic E-state index is 12.1. The maximum Gasteiger partial charge on any atom is 0.339 e. The average molecular weight is 406 g/mol. The van der Waals surface area contributed by atoms with E-state index in [0.717, 1.165) is 0 Å². The summed E-state index contributed by atoms with van der Waals surface area (Å²) in [5.41, 5.74) is 2.15. The topological polar surface area (TPSA) is 64.6 Å². The minimum atomic E-state index is -0.601. The summed E-state index contributed by atoms with van der Waals surface area (Å²) >= 11 is 3.28. The van der Waals surface area contributed by atoms with Crippen molar-refractivity contribution < 1.29 is 19.1 Å². The summed E-state index contributed by atoms with van der Waals surface area (Å²) in [5, 5.41) is 2.70. The molecule has 25 heavy (non-hydrogen) atoms. The van der Waals surface area contributed by atoms with Crippen molar-refractivity contribution in [3.05, 3.63) is 58.1 Å². The van der Waals surface area contributed by atoms with Crippen LogP contribution in [0.4, 0.5) is 5.69 Å². The predicted molar refractivity (Wildman–Crippen MR) is 100 cm³/mol. The molecule has 0 aromatic heterocycles. The summed E-state index contributed by atoms with van der Waals surface area (Å²) in [6.07, 6.45) is 0. The summed E-state index contributed by atoms with van der Waals surface area (Å²) in [6, 6.07) is 12.5. The van der Waals surface area contributed by atoms with Gasteiger partial charge in [-0.2, -0.15) is 0 Å². The third kappa shape index (κ3) is 5.32. The highest BCUT2D eigenvalue weighted by atomic mass is 79.9. The lowest BCUT2D eigenvalue weighted by molar-refractivity contribution is -0.119. The van der Waals surface area contributed by atoms with Crippen LogP contribution in [0.1, 0.15) is 35.7 Å². The molecule has 2 aromatic carbocycles. The van der Waals surface area contributed by atoms with Crippen LogP contribution in [0.5, 0.6) is 5.75 Å². The third-order valence-corrected chi connectivity index (χ3v) is 4.28. The molecule has 0 unspecified atom stereocenters. The molecule has 132 valence electrons. The highest BCUT2D eigenvalue weighted by Crippen LogP contribution is 2.23. The number of ether oxygens (including phenoxy) is 2. The Morgan fingerprint density at radius 2 is 1.80 bits per heavy atom. The van der Waals surface area contributed by atoms with E-state index in [1.54, 1.807) is 18.2 Å². The average Bonchev–Trinajstić information content (AvgIpc) is 2.60. The van der Waals surface area contributed by atoms with E-state index < -0.39 is 11.9 Å². The SMILES string of the molecule is COc1ccc(Br)c(C(=O)OCC(=O)Nc2ccc(C(C)C)cc2)c1. The van der Waals surface area contributed by atoms with Gasteiger partial charge in [0.1, 0.15) is 5.75 Å². The fourth-order valence-corrected chi connectivity index (χ4v) is 2.55. The monoisotopic (exact) mass is 405 g/mol. The highest BCUT2D eigenvalue weighted by Gasteiger charge is 2.15. The van der Waals surface area contributed by atoms with Gasteiger partial charge in [-0.05, 0) is 57.7 Å². The fourth-order valence-electron chi connectivity index (χ4n) is 2.15. The molecule has 0 aliphatic rings. The van der Waals surface area contributed by atoms with Crippen LogP contribution < -0.4 is 10.1 Å². The van der Waals surface area contributed by atoms with Gasteiger partial charge in [-0.1, -0.05) is 26.0 Å². The molecule has 2 rings (SSSR count). The van der Waals surface area contributed by atoms with Gasteiger partial charge in [-0.3, -0.25) is 4.79 Å². The molecule has 6 heteroatoms. The molecule has 0 heterocycles. The van der Waals surface area contributed by atoms with Crippen molar-refractivity contribution in [3.63, 3.8) is 0 Å². The second kappa shape index (κ2) is 8.67. The zero-order valence-corrected chi connectivity index (χ0v) is 15.9. The Balaban J connectivity index is 1.92. The van der Waals surface area contributed by atoms with Crippen molar-refractivity contribution in [1.82, 2.24) is 0 Å². The molecule has 0 bridgehead atoms. The van der Waals surface area contributed by atoms with E-state index in [9.17, 15) is 9.59 Å². The number of methoxy groups -OCH3 is 1. The minimum Gasteiger partial charge on any atom is -0.497 e. The third-order valence-electron chi connectivity index (χ3n) is 3.59. The standard InChI is InChI=1S/C19H20BrNO4/c1-12(2)13-4-6-14(7-5-13)21-18(22)11-25-19(23)16-10-15(24-3)8-9-17(16)20/h4-10,12H,11H2,1-3H3,(H,21,22). The molecule has 0 aliphatic carbocycles. The number of carbonyl (C=O) groups excluding carboxylic acids is 2. The van der Waals surface area contributed by atoms with E-state index in [-0.39, 0.29) is 6.61 Å². The van der Waals surface area contributed by atoms with Crippen molar-refractivity contribution in [3.8, 4) is 5.75 Å². The van der Waals surface area contributed by atoms with Crippen molar-refractivity contribution >= 4 is 33.5 Å². The van der Waals surface area contributed by atoms with Gasteiger partial charge >= 0.3 is 5.97 Å². The van der Waals surface area contributed by atoms with Crippen LogP contribution in [-0.2, 0) is 9.53 Å². The number of carbonyl (C=O) groups is 2. The first-order valence-corrected chi connectivity index (χ1v) is 8.60. The normalized spacial score (nSPS) is 10.4. The number of hydrogen-bond donors (Lipinski definition) is 1. The Morgan fingerprint density at radius 3 is 2.40 bits per heavy atom. The summed E-state index contributed by atoms with van der Waals surface area (Å²) in [4.78, 5) is 24.1. The lowest BCUT2D eigenvalue weighted by atomic mass is 10.0. The fraction of sp³-hybridized carbons (Fsp3) is 0.263. The Labute approximate surface area is 155 Å². The minimum absolute atomic E-state index is 0.299. The molecule has 1 N–H and O–H groups in total. The lowest BCUT2D eigenvalue weighted by Crippen LogP contribution is -2.21. The van der Waals surface area contributed by atoms with Gasteiger partial charge in [0.15, 0.2) is 6.61 Å². The van der Waals surface area contributed by atoms with Gasteiger partial charge in [-0.25, -0.2) is 4.79 Å². The molecule has 0 aliphatic heterocycles. The van der Waals surface area contributed by atoms with Crippen LogP contribution in [0.15, 0.2) is 46.9 Å². The smallest absolute Gasteiger partial charge is 0.339 e. The molecule has 0 saturated carbocycles. The number of benzene rings is 2. The second-order valence-electron chi connectivity index (χ2n) is 5.75.